The quantitative estimate of drug-likeness (QED) is 0.793. The van der Waals surface area contributed by atoms with Crippen LogP contribution >= 0.6 is 27.5 Å². The van der Waals surface area contributed by atoms with E-state index in [9.17, 15) is 22.8 Å². The van der Waals surface area contributed by atoms with Gasteiger partial charge in [0, 0.05) is 23.6 Å². The molecule has 2 heterocycles. The summed E-state index contributed by atoms with van der Waals surface area (Å²) in [4.78, 5) is 28.1. The van der Waals surface area contributed by atoms with Crippen LogP contribution < -0.4 is 5.32 Å². The Kier molecular flexibility index (Phi) is 4.96. The molecule has 0 aromatic carbocycles. The second-order valence-corrected chi connectivity index (χ2v) is 6.03. The van der Waals surface area contributed by atoms with Gasteiger partial charge in [0.15, 0.2) is 0 Å². The predicted molar refractivity (Wildman–Crippen MR) is 75.5 cm³/mol. The summed E-state index contributed by atoms with van der Waals surface area (Å²) in [7, 11) is 0. The van der Waals surface area contributed by atoms with Crippen LogP contribution in [0.3, 0.4) is 0 Å². The second-order valence-electron chi connectivity index (χ2n) is 4.76. The molecule has 0 bridgehead atoms. The van der Waals surface area contributed by atoms with E-state index in [1.54, 1.807) is 0 Å². The van der Waals surface area contributed by atoms with Crippen molar-refractivity contribution in [3.8, 4) is 0 Å². The lowest BCUT2D eigenvalue weighted by Crippen LogP contribution is -2.39. The smallest absolute Gasteiger partial charge is 0.347 e. The van der Waals surface area contributed by atoms with Gasteiger partial charge < -0.3 is 10.2 Å². The van der Waals surface area contributed by atoms with E-state index in [-0.39, 0.29) is 23.7 Å². The number of hydrogen-bond donors (Lipinski definition) is 1. The number of carbonyl (C=O) groups excluding carboxylic acids is 2. The summed E-state index contributed by atoms with van der Waals surface area (Å²) in [6.45, 7) is -1.51. The van der Waals surface area contributed by atoms with Gasteiger partial charge in [0.1, 0.15) is 11.7 Å². The van der Waals surface area contributed by atoms with Crippen molar-refractivity contribution in [3.63, 3.8) is 0 Å². The number of halogens is 5. The highest BCUT2D eigenvalue weighted by atomic mass is 79.9. The standard InChI is InChI=1S/C12H10BrClF3N3O2/c13-6-1-8(10(14)18-3-6)11(22)19-7-2-9(21)20(4-7)5-12(15,16)17/h1,3,7H,2,4-5H2,(H,19,22). The van der Waals surface area contributed by atoms with Crippen LogP contribution in [0.2, 0.25) is 5.15 Å². The van der Waals surface area contributed by atoms with E-state index in [0.717, 1.165) is 0 Å². The first-order valence-corrected chi connectivity index (χ1v) is 7.29. The van der Waals surface area contributed by atoms with Crippen LogP contribution in [0.5, 0.6) is 0 Å². The van der Waals surface area contributed by atoms with Crippen molar-refractivity contribution in [2.45, 2.75) is 18.6 Å². The molecule has 1 saturated heterocycles. The van der Waals surface area contributed by atoms with Gasteiger partial charge in [0.05, 0.1) is 11.6 Å². The van der Waals surface area contributed by atoms with Crippen molar-refractivity contribution in [2.24, 2.45) is 0 Å². The fraction of sp³-hybridized carbons (Fsp3) is 0.417. The maximum absolute atomic E-state index is 12.3. The number of aromatic nitrogens is 1. The average molecular weight is 401 g/mol. The molecule has 10 heteroatoms. The number of rotatable bonds is 3. The van der Waals surface area contributed by atoms with Gasteiger partial charge in [-0.15, -0.1) is 0 Å². The van der Waals surface area contributed by atoms with Crippen LogP contribution in [0.4, 0.5) is 13.2 Å². The average Bonchev–Trinajstić information content (AvgIpc) is 2.70. The molecule has 120 valence electrons. The van der Waals surface area contributed by atoms with Crippen LogP contribution in [0, 0.1) is 0 Å². The molecule has 1 atom stereocenters. The summed E-state index contributed by atoms with van der Waals surface area (Å²) in [5, 5.41) is 2.46. The number of nitrogens with one attached hydrogen (secondary N) is 1. The summed E-state index contributed by atoms with van der Waals surface area (Å²) in [6, 6.07) is 0.743. The van der Waals surface area contributed by atoms with Crippen LogP contribution in [-0.4, -0.2) is 47.0 Å². The summed E-state index contributed by atoms with van der Waals surface area (Å²) < 4.78 is 37.5. The van der Waals surface area contributed by atoms with Gasteiger partial charge in [0.2, 0.25) is 5.91 Å². The molecule has 0 saturated carbocycles. The molecule has 22 heavy (non-hydrogen) atoms. The van der Waals surface area contributed by atoms with Crippen molar-refractivity contribution in [2.75, 3.05) is 13.1 Å². The number of alkyl halides is 3. The van der Waals surface area contributed by atoms with Crippen molar-refractivity contribution in [3.05, 3.63) is 27.5 Å². The highest BCUT2D eigenvalue weighted by Crippen LogP contribution is 2.22. The Bertz CT molecular complexity index is 612. The number of carbonyl (C=O) groups is 2. The molecular weight excluding hydrogens is 391 g/mol. The van der Waals surface area contributed by atoms with Gasteiger partial charge in [-0.1, -0.05) is 11.6 Å². The SMILES string of the molecule is O=C(NC1CC(=O)N(CC(F)(F)F)C1)c1cc(Br)cnc1Cl. The van der Waals surface area contributed by atoms with Crippen molar-refractivity contribution < 1.29 is 22.8 Å². The van der Waals surface area contributed by atoms with Crippen molar-refractivity contribution in [1.82, 2.24) is 15.2 Å². The van der Waals surface area contributed by atoms with E-state index in [4.69, 9.17) is 11.6 Å². The number of amides is 2. The molecule has 1 aliphatic heterocycles. The molecule has 1 unspecified atom stereocenters. The first kappa shape index (κ1) is 17.0. The van der Waals surface area contributed by atoms with Gasteiger partial charge in [0.25, 0.3) is 5.91 Å². The Morgan fingerprint density at radius 3 is 2.86 bits per heavy atom. The summed E-state index contributed by atoms with van der Waals surface area (Å²) in [5.74, 6) is -1.24. The van der Waals surface area contributed by atoms with Crippen LogP contribution in [0.15, 0.2) is 16.7 Å². The van der Waals surface area contributed by atoms with Crippen molar-refractivity contribution >= 4 is 39.3 Å². The first-order valence-electron chi connectivity index (χ1n) is 6.12. The number of likely N-dealkylation sites (tertiary alicyclic amines) is 1. The third-order valence-electron chi connectivity index (χ3n) is 2.97. The Labute approximate surface area is 136 Å². The molecule has 1 aromatic heterocycles. The molecule has 1 aromatic rings. The highest BCUT2D eigenvalue weighted by Gasteiger charge is 2.38. The Morgan fingerprint density at radius 2 is 2.23 bits per heavy atom. The molecular formula is C12H10BrClF3N3O2. The lowest BCUT2D eigenvalue weighted by atomic mass is 10.2. The normalized spacial score (nSPS) is 18.7. The minimum Gasteiger partial charge on any atom is -0.347 e. The zero-order valence-corrected chi connectivity index (χ0v) is 13.3. The first-order chi connectivity index (χ1) is 10.2. The molecule has 1 N–H and O–H groups in total. The Balaban J connectivity index is 2.01. The molecule has 1 fully saturated rings. The third-order valence-corrected chi connectivity index (χ3v) is 3.71. The zero-order chi connectivity index (χ0) is 16.5. The predicted octanol–water partition coefficient (Wildman–Crippen LogP) is 2.39. The van der Waals surface area contributed by atoms with Crippen molar-refractivity contribution in [1.29, 1.82) is 0 Å². The van der Waals surface area contributed by atoms with E-state index in [1.165, 1.54) is 12.3 Å². The molecule has 0 radical (unpaired) electrons. The van der Waals surface area contributed by atoms with Crippen LogP contribution in [0.1, 0.15) is 16.8 Å². The molecule has 1 aliphatic rings. The van der Waals surface area contributed by atoms with Gasteiger partial charge in [-0.2, -0.15) is 13.2 Å². The molecule has 0 spiro atoms. The van der Waals surface area contributed by atoms with Crippen LogP contribution in [0.25, 0.3) is 0 Å². The van der Waals surface area contributed by atoms with Gasteiger partial charge in [-0.3, -0.25) is 9.59 Å². The largest absolute Gasteiger partial charge is 0.406 e. The van der Waals surface area contributed by atoms with Gasteiger partial charge in [-0.05, 0) is 22.0 Å². The fourth-order valence-corrected chi connectivity index (χ4v) is 2.60. The van der Waals surface area contributed by atoms with E-state index >= 15 is 0 Å². The fourth-order valence-electron chi connectivity index (χ4n) is 2.08. The van der Waals surface area contributed by atoms with Gasteiger partial charge in [-0.25, -0.2) is 4.98 Å². The second kappa shape index (κ2) is 6.41. The number of pyridine rings is 1. The highest BCUT2D eigenvalue weighted by molar-refractivity contribution is 9.10. The molecule has 0 aliphatic carbocycles. The molecule has 2 amide bonds. The topological polar surface area (TPSA) is 62.3 Å². The monoisotopic (exact) mass is 399 g/mol. The lowest BCUT2D eigenvalue weighted by Gasteiger charge is -2.18. The summed E-state index contributed by atoms with van der Waals surface area (Å²) in [5.41, 5.74) is 0.0813. The Hall–Kier alpha value is -1.35. The minimum absolute atomic E-state index is 0.0304. The molecule has 2 rings (SSSR count). The van der Waals surface area contributed by atoms with E-state index < -0.39 is 30.6 Å². The van der Waals surface area contributed by atoms with E-state index in [2.05, 4.69) is 26.2 Å². The summed E-state index contributed by atoms with van der Waals surface area (Å²) >= 11 is 8.94. The Morgan fingerprint density at radius 1 is 1.55 bits per heavy atom. The zero-order valence-electron chi connectivity index (χ0n) is 11.0. The van der Waals surface area contributed by atoms with Gasteiger partial charge >= 0.3 is 6.18 Å². The van der Waals surface area contributed by atoms with E-state index in [1.807, 2.05) is 0 Å². The summed E-state index contributed by atoms with van der Waals surface area (Å²) in [6.07, 6.45) is -3.24. The maximum atomic E-state index is 12.3. The molecule has 5 nitrogen and oxygen atoms in total. The van der Waals surface area contributed by atoms with Crippen LogP contribution in [-0.2, 0) is 4.79 Å². The minimum atomic E-state index is -4.47. The number of hydrogen-bond acceptors (Lipinski definition) is 3. The van der Waals surface area contributed by atoms with E-state index in [0.29, 0.717) is 9.37 Å². The number of nitrogens with zero attached hydrogens (tertiary/aromatic N) is 2. The lowest BCUT2D eigenvalue weighted by molar-refractivity contribution is -0.157. The maximum Gasteiger partial charge on any atom is 0.406 e. The third kappa shape index (κ3) is 4.33.